The molecule has 0 spiro atoms. The third kappa shape index (κ3) is 4.82. The van der Waals surface area contributed by atoms with E-state index in [1.165, 1.54) is 18.9 Å². The summed E-state index contributed by atoms with van der Waals surface area (Å²) < 4.78 is 10.4. The molecule has 0 fully saturated rings. The summed E-state index contributed by atoms with van der Waals surface area (Å²) in [6.07, 6.45) is 2.98. The number of benzene rings is 2. The van der Waals surface area contributed by atoms with Gasteiger partial charge in [-0.2, -0.15) is 0 Å². The van der Waals surface area contributed by atoms with Gasteiger partial charge < -0.3 is 20.1 Å². The summed E-state index contributed by atoms with van der Waals surface area (Å²) in [5, 5.41) is 6.04. The number of aromatic nitrogens is 2. The molecule has 1 amide bonds. The number of rotatable bonds is 7. The molecule has 0 bridgehead atoms. The van der Waals surface area contributed by atoms with Crippen molar-refractivity contribution in [1.82, 2.24) is 9.97 Å². The Balaban J connectivity index is 1.71. The number of nitrogens with zero attached hydrogens (tertiary/aromatic N) is 2. The van der Waals surface area contributed by atoms with Gasteiger partial charge in [-0.1, -0.05) is 32.0 Å². The van der Waals surface area contributed by atoms with Crippen molar-refractivity contribution in [2.24, 2.45) is 0 Å². The molecule has 150 valence electrons. The lowest BCUT2D eigenvalue weighted by Crippen LogP contribution is -2.14. The van der Waals surface area contributed by atoms with E-state index in [4.69, 9.17) is 9.47 Å². The van der Waals surface area contributed by atoms with Crippen LogP contribution in [0.1, 0.15) is 35.8 Å². The van der Waals surface area contributed by atoms with Crippen LogP contribution in [0.25, 0.3) is 0 Å². The minimum absolute atomic E-state index is 0.211. The summed E-state index contributed by atoms with van der Waals surface area (Å²) in [7, 11) is 3.10. The Hall–Kier alpha value is -3.61. The Labute approximate surface area is 170 Å². The number of ether oxygens (including phenoxy) is 2. The van der Waals surface area contributed by atoms with Crippen LogP contribution in [-0.2, 0) is 0 Å². The van der Waals surface area contributed by atoms with Crippen molar-refractivity contribution in [1.29, 1.82) is 0 Å². The minimum Gasteiger partial charge on any atom is -0.493 e. The van der Waals surface area contributed by atoms with Crippen LogP contribution in [0.3, 0.4) is 0 Å². The fraction of sp³-hybridized carbons (Fsp3) is 0.227. The number of carbonyl (C=O) groups excluding carboxylic acids is 1. The van der Waals surface area contributed by atoms with Crippen LogP contribution < -0.4 is 20.1 Å². The smallest absolute Gasteiger partial charge is 0.275 e. The second kappa shape index (κ2) is 9.05. The number of carbonyl (C=O) groups is 1. The summed E-state index contributed by atoms with van der Waals surface area (Å²) in [5.74, 6) is 1.69. The molecule has 0 aliphatic carbocycles. The topological polar surface area (TPSA) is 85.4 Å². The highest BCUT2D eigenvalue weighted by Crippen LogP contribution is 2.30. The lowest BCUT2D eigenvalue weighted by molar-refractivity contribution is 0.102. The highest BCUT2D eigenvalue weighted by atomic mass is 16.5. The molecule has 3 aromatic rings. The predicted molar refractivity (Wildman–Crippen MR) is 113 cm³/mol. The van der Waals surface area contributed by atoms with E-state index < -0.39 is 0 Å². The third-order valence-electron chi connectivity index (χ3n) is 4.37. The van der Waals surface area contributed by atoms with Gasteiger partial charge in [-0.05, 0) is 29.7 Å². The van der Waals surface area contributed by atoms with Gasteiger partial charge in [-0.15, -0.1) is 0 Å². The SMILES string of the molecule is COc1ccc(NC(=O)c2cnc(Nc3ccccc3C(C)C)cn2)cc1OC. The highest BCUT2D eigenvalue weighted by molar-refractivity contribution is 6.02. The molecule has 2 aromatic carbocycles. The van der Waals surface area contributed by atoms with Crippen LogP contribution in [0, 0.1) is 0 Å². The molecule has 0 aliphatic rings. The maximum absolute atomic E-state index is 12.5. The van der Waals surface area contributed by atoms with Crippen LogP contribution in [0.15, 0.2) is 54.9 Å². The van der Waals surface area contributed by atoms with Crippen LogP contribution >= 0.6 is 0 Å². The quantitative estimate of drug-likeness (QED) is 0.611. The Bertz CT molecular complexity index is 988. The number of anilines is 3. The summed E-state index contributed by atoms with van der Waals surface area (Å²) in [6.45, 7) is 4.27. The van der Waals surface area contributed by atoms with Gasteiger partial charge in [0.15, 0.2) is 11.5 Å². The van der Waals surface area contributed by atoms with Crippen molar-refractivity contribution in [3.63, 3.8) is 0 Å². The van der Waals surface area contributed by atoms with Crippen molar-refractivity contribution < 1.29 is 14.3 Å². The van der Waals surface area contributed by atoms with E-state index in [2.05, 4.69) is 40.5 Å². The molecule has 0 unspecified atom stereocenters. The Morgan fingerprint density at radius 2 is 1.72 bits per heavy atom. The summed E-state index contributed by atoms with van der Waals surface area (Å²) in [4.78, 5) is 21.0. The van der Waals surface area contributed by atoms with Gasteiger partial charge in [-0.25, -0.2) is 9.97 Å². The predicted octanol–water partition coefficient (Wildman–Crippen LogP) is 4.61. The van der Waals surface area contributed by atoms with Crippen molar-refractivity contribution in [2.45, 2.75) is 19.8 Å². The van der Waals surface area contributed by atoms with E-state index in [9.17, 15) is 4.79 Å². The zero-order valence-electron chi connectivity index (χ0n) is 16.9. The summed E-state index contributed by atoms with van der Waals surface area (Å²) in [5.41, 5.74) is 2.94. The van der Waals surface area contributed by atoms with Crippen LogP contribution in [0.5, 0.6) is 11.5 Å². The zero-order chi connectivity index (χ0) is 20.8. The van der Waals surface area contributed by atoms with Crippen LogP contribution in [0.4, 0.5) is 17.2 Å². The standard InChI is InChI=1S/C22H24N4O3/c1-14(2)16-7-5-6-8-17(16)26-21-13-23-18(12-24-21)22(27)25-15-9-10-19(28-3)20(11-15)29-4/h5-14H,1-4H3,(H,24,26)(H,25,27). The molecule has 0 radical (unpaired) electrons. The normalized spacial score (nSPS) is 10.5. The Morgan fingerprint density at radius 3 is 2.38 bits per heavy atom. The maximum atomic E-state index is 12.5. The molecule has 0 atom stereocenters. The Morgan fingerprint density at radius 1 is 0.966 bits per heavy atom. The van der Waals surface area contributed by atoms with Crippen molar-refractivity contribution in [3.05, 3.63) is 66.1 Å². The molecular formula is C22H24N4O3. The second-order valence-corrected chi connectivity index (χ2v) is 6.68. The number of hydrogen-bond acceptors (Lipinski definition) is 6. The number of methoxy groups -OCH3 is 2. The molecule has 0 aliphatic heterocycles. The molecule has 3 rings (SSSR count). The fourth-order valence-electron chi connectivity index (χ4n) is 2.87. The first kappa shape index (κ1) is 20.1. The first-order chi connectivity index (χ1) is 14.0. The number of nitrogens with one attached hydrogen (secondary N) is 2. The van der Waals surface area contributed by atoms with Gasteiger partial charge in [0.2, 0.25) is 0 Å². The molecule has 0 saturated carbocycles. The van der Waals surface area contributed by atoms with Gasteiger partial charge in [0, 0.05) is 17.4 Å². The molecule has 7 heteroatoms. The molecule has 0 saturated heterocycles. The first-order valence-electron chi connectivity index (χ1n) is 9.23. The zero-order valence-corrected chi connectivity index (χ0v) is 16.9. The van der Waals surface area contributed by atoms with Gasteiger partial charge in [0.05, 0.1) is 26.6 Å². The molecule has 1 aromatic heterocycles. The number of amides is 1. The molecule has 7 nitrogen and oxygen atoms in total. The van der Waals surface area contributed by atoms with Gasteiger partial charge in [0.25, 0.3) is 5.91 Å². The average Bonchev–Trinajstić information content (AvgIpc) is 2.74. The van der Waals surface area contributed by atoms with Crippen LogP contribution in [0.2, 0.25) is 0 Å². The van der Waals surface area contributed by atoms with Crippen molar-refractivity contribution in [2.75, 3.05) is 24.9 Å². The van der Waals surface area contributed by atoms with E-state index in [1.807, 2.05) is 18.2 Å². The van der Waals surface area contributed by atoms with Gasteiger partial charge >= 0.3 is 0 Å². The second-order valence-electron chi connectivity index (χ2n) is 6.68. The fourth-order valence-corrected chi connectivity index (χ4v) is 2.87. The van der Waals surface area contributed by atoms with Crippen molar-refractivity contribution >= 4 is 23.1 Å². The number of para-hydroxylation sites is 1. The van der Waals surface area contributed by atoms with E-state index >= 15 is 0 Å². The van der Waals surface area contributed by atoms with Gasteiger partial charge in [-0.3, -0.25) is 4.79 Å². The van der Waals surface area contributed by atoms with E-state index in [0.717, 1.165) is 5.69 Å². The van der Waals surface area contributed by atoms with Crippen LogP contribution in [-0.4, -0.2) is 30.1 Å². The lowest BCUT2D eigenvalue weighted by atomic mass is 10.0. The Kier molecular flexibility index (Phi) is 6.29. The monoisotopic (exact) mass is 392 g/mol. The highest BCUT2D eigenvalue weighted by Gasteiger charge is 2.12. The molecular weight excluding hydrogens is 368 g/mol. The molecule has 29 heavy (non-hydrogen) atoms. The first-order valence-corrected chi connectivity index (χ1v) is 9.23. The summed E-state index contributed by atoms with van der Waals surface area (Å²) >= 11 is 0. The molecule has 1 heterocycles. The average molecular weight is 392 g/mol. The van der Waals surface area contributed by atoms with E-state index in [-0.39, 0.29) is 11.6 Å². The molecule has 2 N–H and O–H groups in total. The number of hydrogen-bond donors (Lipinski definition) is 2. The third-order valence-corrected chi connectivity index (χ3v) is 4.37. The maximum Gasteiger partial charge on any atom is 0.275 e. The summed E-state index contributed by atoms with van der Waals surface area (Å²) in [6, 6.07) is 13.2. The van der Waals surface area contributed by atoms with Gasteiger partial charge in [0.1, 0.15) is 11.5 Å². The van der Waals surface area contributed by atoms with Crippen molar-refractivity contribution in [3.8, 4) is 11.5 Å². The van der Waals surface area contributed by atoms with E-state index in [1.54, 1.807) is 31.5 Å². The minimum atomic E-state index is -0.362. The lowest BCUT2D eigenvalue weighted by Gasteiger charge is -2.14. The largest absolute Gasteiger partial charge is 0.493 e. The van der Waals surface area contributed by atoms with E-state index in [0.29, 0.717) is 28.9 Å².